The van der Waals surface area contributed by atoms with Crippen LogP contribution in [-0.4, -0.2) is 28.5 Å². The van der Waals surface area contributed by atoms with Crippen molar-refractivity contribution in [3.8, 4) is 11.3 Å². The molecule has 1 fully saturated rings. The summed E-state index contributed by atoms with van der Waals surface area (Å²) in [4.78, 5) is 31.7. The lowest BCUT2D eigenvalue weighted by molar-refractivity contribution is -0.117. The van der Waals surface area contributed by atoms with E-state index in [2.05, 4.69) is 15.5 Å². The van der Waals surface area contributed by atoms with E-state index in [0.29, 0.717) is 46.7 Å². The van der Waals surface area contributed by atoms with Gasteiger partial charge in [0.05, 0.1) is 22.3 Å². The van der Waals surface area contributed by atoms with Gasteiger partial charge in [0.1, 0.15) is 0 Å². The number of hydrogen-bond acceptors (Lipinski definition) is 5. The van der Waals surface area contributed by atoms with Crippen molar-refractivity contribution < 1.29 is 14.1 Å². The maximum Gasteiger partial charge on any atom is 0.259 e. The Bertz CT molecular complexity index is 1340. The molecule has 0 bridgehead atoms. The summed E-state index contributed by atoms with van der Waals surface area (Å²) in [5.74, 6) is -0.186. The molecule has 2 aromatic carbocycles. The molecule has 2 aromatic heterocycles. The number of pyridine rings is 1. The fourth-order valence-corrected chi connectivity index (χ4v) is 4.02. The molecule has 1 aliphatic rings. The highest BCUT2D eigenvalue weighted by Gasteiger charge is 2.23. The van der Waals surface area contributed by atoms with Gasteiger partial charge in [0.15, 0.2) is 0 Å². The molecule has 0 atom stereocenters. The van der Waals surface area contributed by atoms with Gasteiger partial charge < -0.3 is 14.7 Å². The molecular formula is C25H22N4O3. The fourth-order valence-electron chi connectivity index (χ4n) is 4.02. The Labute approximate surface area is 185 Å². The molecule has 7 nitrogen and oxygen atoms in total. The third-order valence-corrected chi connectivity index (χ3v) is 5.70. The predicted molar refractivity (Wildman–Crippen MR) is 123 cm³/mol. The highest BCUT2D eigenvalue weighted by atomic mass is 16.5. The first-order valence-corrected chi connectivity index (χ1v) is 10.6. The van der Waals surface area contributed by atoms with Crippen LogP contribution in [0.3, 0.4) is 0 Å². The molecule has 2 amide bonds. The number of hydrogen-bond donors (Lipinski definition) is 1. The van der Waals surface area contributed by atoms with Crippen molar-refractivity contribution in [3.05, 3.63) is 71.4 Å². The summed E-state index contributed by atoms with van der Waals surface area (Å²) in [5, 5.41) is 7.55. The van der Waals surface area contributed by atoms with Crippen LogP contribution >= 0.6 is 0 Å². The molecule has 0 aliphatic carbocycles. The molecule has 4 aromatic rings. The highest BCUT2D eigenvalue weighted by Crippen LogP contribution is 2.29. The lowest BCUT2D eigenvalue weighted by Crippen LogP contribution is -2.23. The van der Waals surface area contributed by atoms with Crippen LogP contribution in [0.5, 0.6) is 0 Å². The molecule has 0 spiro atoms. The SMILES string of the molecule is Cc1ccc(-c2cc(C(=O)Nc3cccc(N4CCCC4=O)c3)c3c(C)noc3n2)cc1. The fraction of sp³-hybridized carbons (Fsp3) is 0.200. The number of fused-ring (bicyclic) bond motifs is 1. The molecule has 1 N–H and O–H groups in total. The summed E-state index contributed by atoms with van der Waals surface area (Å²) in [6.07, 6.45) is 1.40. The van der Waals surface area contributed by atoms with Crippen LogP contribution in [-0.2, 0) is 4.79 Å². The van der Waals surface area contributed by atoms with Crippen LogP contribution in [0.2, 0.25) is 0 Å². The molecule has 32 heavy (non-hydrogen) atoms. The van der Waals surface area contributed by atoms with Crippen LogP contribution in [0.4, 0.5) is 11.4 Å². The maximum atomic E-state index is 13.3. The van der Waals surface area contributed by atoms with E-state index >= 15 is 0 Å². The van der Waals surface area contributed by atoms with Gasteiger partial charge in [0.2, 0.25) is 5.91 Å². The standard InChI is InChI=1S/C25H22N4O3/c1-15-8-10-17(11-9-15)21-14-20(23-16(2)28-32-25(23)27-21)24(31)26-18-5-3-6-19(13-18)29-12-4-7-22(29)30/h3,5-6,8-11,13-14H,4,7,12H2,1-2H3,(H,26,31). The number of amides is 2. The quantitative estimate of drug-likeness (QED) is 0.502. The van der Waals surface area contributed by atoms with Gasteiger partial charge in [0.25, 0.3) is 11.6 Å². The van der Waals surface area contributed by atoms with Crippen molar-refractivity contribution >= 4 is 34.3 Å². The van der Waals surface area contributed by atoms with E-state index in [-0.39, 0.29) is 11.8 Å². The molecule has 0 unspecified atom stereocenters. The second-order valence-corrected chi connectivity index (χ2v) is 8.02. The van der Waals surface area contributed by atoms with Gasteiger partial charge >= 0.3 is 0 Å². The summed E-state index contributed by atoms with van der Waals surface area (Å²) in [6, 6.07) is 17.0. The molecule has 1 saturated heterocycles. The minimum Gasteiger partial charge on any atom is -0.335 e. The molecule has 0 saturated carbocycles. The zero-order valence-corrected chi connectivity index (χ0v) is 17.9. The first-order valence-electron chi connectivity index (χ1n) is 10.6. The second kappa shape index (κ2) is 7.92. The van der Waals surface area contributed by atoms with Gasteiger partial charge in [-0.15, -0.1) is 0 Å². The van der Waals surface area contributed by atoms with Crippen LogP contribution in [0, 0.1) is 13.8 Å². The number of nitrogens with zero attached hydrogens (tertiary/aromatic N) is 3. The Morgan fingerprint density at radius 3 is 2.66 bits per heavy atom. The maximum absolute atomic E-state index is 13.3. The number of aryl methyl sites for hydroxylation is 2. The van der Waals surface area contributed by atoms with Crippen LogP contribution in [0.25, 0.3) is 22.4 Å². The first kappa shape index (κ1) is 19.9. The number of carbonyl (C=O) groups is 2. The van der Waals surface area contributed by atoms with Crippen molar-refractivity contribution in [1.29, 1.82) is 0 Å². The van der Waals surface area contributed by atoms with Crippen LogP contribution in [0.1, 0.15) is 34.5 Å². The van der Waals surface area contributed by atoms with Crippen molar-refractivity contribution in [2.24, 2.45) is 0 Å². The minimum absolute atomic E-state index is 0.104. The van der Waals surface area contributed by atoms with E-state index in [9.17, 15) is 9.59 Å². The van der Waals surface area contributed by atoms with Gasteiger partial charge in [-0.1, -0.05) is 41.1 Å². The van der Waals surface area contributed by atoms with Gasteiger partial charge in [-0.3, -0.25) is 9.59 Å². The van der Waals surface area contributed by atoms with Crippen molar-refractivity contribution in [3.63, 3.8) is 0 Å². The minimum atomic E-state index is -0.290. The first-order chi connectivity index (χ1) is 15.5. The van der Waals surface area contributed by atoms with Gasteiger partial charge in [0, 0.05) is 29.9 Å². The van der Waals surface area contributed by atoms with Crippen molar-refractivity contribution in [2.45, 2.75) is 26.7 Å². The van der Waals surface area contributed by atoms with Gasteiger partial charge in [-0.25, -0.2) is 4.98 Å². The largest absolute Gasteiger partial charge is 0.335 e. The number of aromatic nitrogens is 2. The summed E-state index contributed by atoms with van der Waals surface area (Å²) >= 11 is 0. The van der Waals surface area contributed by atoms with E-state index < -0.39 is 0 Å². The van der Waals surface area contributed by atoms with Crippen molar-refractivity contribution in [1.82, 2.24) is 10.1 Å². The summed E-state index contributed by atoms with van der Waals surface area (Å²) in [7, 11) is 0. The Hall–Kier alpha value is -4.00. The van der Waals surface area contributed by atoms with E-state index in [4.69, 9.17) is 4.52 Å². The zero-order valence-electron chi connectivity index (χ0n) is 17.9. The van der Waals surface area contributed by atoms with Crippen molar-refractivity contribution in [2.75, 3.05) is 16.8 Å². The molecule has 5 rings (SSSR count). The lowest BCUT2D eigenvalue weighted by atomic mass is 10.0. The molecule has 160 valence electrons. The van der Waals surface area contributed by atoms with E-state index in [1.807, 2.05) is 55.5 Å². The van der Waals surface area contributed by atoms with Crippen LogP contribution < -0.4 is 10.2 Å². The van der Waals surface area contributed by atoms with Gasteiger partial charge in [-0.2, -0.15) is 0 Å². The Morgan fingerprint density at radius 1 is 1.09 bits per heavy atom. The smallest absolute Gasteiger partial charge is 0.259 e. The molecule has 1 aliphatic heterocycles. The topological polar surface area (TPSA) is 88.3 Å². The molecule has 0 radical (unpaired) electrons. The Kier molecular flexibility index (Phi) is 4.93. The van der Waals surface area contributed by atoms with E-state index in [1.165, 1.54) is 0 Å². The average molecular weight is 426 g/mol. The highest BCUT2D eigenvalue weighted by molar-refractivity contribution is 6.13. The summed E-state index contributed by atoms with van der Waals surface area (Å²) in [6.45, 7) is 4.50. The van der Waals surface area contributed by atoms with Gasteiger partial charge in [-0.05, 0) is 44.5 Å². The number of benzene rings is 2. The average Bonchev–Trinajstić information content (AvgIpc) is 3.39. The second-order valence-electron chi connectivity index (χ2n) is 8.02. The summed E-state index contributed by atoms with van der Waals surface area (Å²) < 4.78 is 5.39. The number of rotatable bonds is 4. The molecular weight excluding hydrogens is 404 g/mol. The number of anilines is 2. The zero-order chi connectivity index (χ0) is 22.2. The molecule has 3 heterocycles. The Morgan fingerprint density at radius 2 is 1.91 bits per heavy atom. The number of carbonyl (C=O) groups excluding carboxylic acids is 2. The third-order valence-electron chi connectivity index (χ3n) is 5.70. The Balaban J connectivity index is 1.51. The summed E-state index contributed by atoms with van der Waals surface area (Å²) in [5.41, 5.74) is 5.42. The predicted octanol–water partition coefficient (Wildman–Crippen LogP) is 4.89. The molecule has 7 heteroatoms. The third kappa shape index (κ3) is 3.62. The lowest BCUT2D eigenvalue weighted by Gasteiger charge is -2.17. The van der Waals surface area contributed by atoms with E-state index in [1.54, 1.807) is 17.9 Å². The normalized spacial score (nSPS) is 13.7. The van der Waals surface area contributed by atoms with E-state index in [0.717, 1.165) is 23.2 Å². The van der Waals surface area contributed by atoms with Crippen LogP contribution in [0.15, 0.2) is 59.1 Å². The monoisotopic (exact) mass is 426 g/mol. The number of nitrogens with one attached hydrogen (secondary N) is 1.